The van der Waals surface area contributed by atoms with Gasteiger partial charge in [-0.25, -0.2) is 5.84 Å². The van der Waals surface area contributed by atoms with E-state index in [-0.39, 0.29) is 5.91 Å². The molecule has 0 spiro atoms. The van der Waals surface area contributed by atoms with E-state index in [4.69, 9.17) is 5.84 Å². The van der Waals surface area contributed by atoms with Crippen LogP contribution >= 0.6 is 0 Å². The van der Waals surface area contributed by atoms with Crippen molar-refractivity contribution >= 4 is 5.91 Å². The minimum absolute atomic E-state index is 0.247. The van der Waals surface area contributed by atoms with Crippen molar-refractivity contribution in [2.45, 2.75) is 19.8 Å². The van der Waals surface area contributed by atoms with E-state index < -0.39 is 0 Å². The zero-order valence-corrected chi connectivity index (χ0v) is 7.71. The maximum absolute atomic E-state index is 11.0. The molecule has 3 N–H and O–H groups in total. The number of carbonyl (C=O) groups excluding carboxylic acids is 1. The highest BCUT2D eigenvalue weighted by molar-refractivity contribution is 5.93. The summed E-state index contributed by atoms with van der Waals surface area (Å²) in [5.74, 6) is 4.75. The van der Waals surface area contributed by atoms with E-state index in [0.29, 0.717) is 5.56 Å². The molecule has 13 heavy (non-hydrogen) atoms. The Bertz CT molecular complexity index is 279. The number of carbonyl (C=O) groups is 1. The molecule has 1 aromatic carbocycles. The highest BCUT2D eigenvalue weighted by Gasteiger charge is 2.01. The van der Waals surface area contributed by atoms with Crippen LogP contribution in [0.5, 0.6) is 0 Å². The van der Waals surface area contributed by atoms with E-state index in [2.05, 4.69) is 12.3 Å². The van der Waals surface area contributed by atoms with Gasteiger partial charge in [-0.3, -0.25) is 10.2 Å². The average molecular weight is 178 g/mol. The van der Waals surface area contributed by atoms with Crippen molar-refractivity contribution in [1.82, 2.24) is 5.43 Å². The number of nitrogen functional groups attached to an aromatic ring is 1. The molecule has 0 unspecified atom stereocenters. The van der Waals surface area contributed by atoms with Crippen LogP contribution in [0.25, 0.3) is 0 Å². The maximum Gasteiger partial charge on any atom is 0.265 e. The Morgan fingerprint density at radius 3 is 2.46 bits per heavy atom. The first kappa shape index (κ1) is 9.74. The van der Waals surface area contributed by atoms with Gasteiger partial charge in [-0.05, 0) is 24.1 Å². The van der Waals surface area contributed by atoms with Gasteiger partial charge >= 0.3 is 0 Å². The summed E-state index contributed by atoms with van der Waals surface area (Å²) in [4.78, 5) is 11.0. The molecule has 0 aliphatic rings. The summed E-state index contributed by atoms with van der Waals surface area (Å²) in [5.41, 5.74) is 3.94. The van der Waals surface area contributed by atoms with Crippen molar-refractivity contribution in [3.8, 4) is 0 Å². The zero-order chi connectivity index (χ0) is 9.68. The van der Waals surface area contributed by atoms with Crippen LogP contribution in [-0.2, 0) is 6.42 Å². The van der Waals surface area contributed by atoms with Gasteiger partial charge in [-0.1, -0.05) is 25.5 Å². The Morgan fingerprint density at radius 2 is 2.00 bits per heavy atom. The Balaban J connectivity index is 2.75. The number of hydrazine groups is 1. The lowest BCUT2D eigenvalue weighted by atomic mass is 10.1. The van der Waals surface area contributed by atoms with Gasteiger partial charge < -0.3 is 0 Å². The summed E-state index contributed by atoms with van der Waals surface area (Å²) < 4.78 is 0. The predicted octanol–water partition coefficient (Wildman–Crippen LogP) is 1.24. The topological polar surface area (TPSA) is 55.1 Å². The molecule has 3 nitrogen and oxygen atoms in total. The highest BCUT2D eigenvalue weighted by Crippen LogP contribution is 2.06. The first-order chi connectivity index (χ1) is 6.27. The van der Waals surface area contributed by atoms with Crippen LogP contribution in [0.2, 0.25) is 0 Å². The molecule has 70 valence electrons. The second kappa shape index (κ2) is 4.62. The molecule has 0 aliphatic heterocycles. The Kier molecular flexibility index (Phi) is 3.46. The second-order valence-corrected chi connectivity index (χ2v) is 2.92. The first-order valence-corrected chi connectivity index (χ1v) is 4.37. The molecule has 0 fully saturated rings. The van der Waals surface area contributed by atoms with E-state index >= 15 is 0 Å². The molecular formula is C10H14N2O. The lowest BCUT2D eigenvalue weighted by molar-refractivity contribution is 0.0953. The minimum atomic E-state index is -0.247. The van der Waals surface area contributed by atoms with Gasteiger partial charge in [-0.2, -0.15) is 0 Å². The monoisotopic (exact) mass is 178 g/mol. The van der Waals surface area contributed by atoms with Gasteiger partial charge in [0, 0.05) is 5.56 Å². The molecule has 0 aliphatic carbocycles. The fourth-order valence-electron chi connectivity index (χ4n) is 1.19. The lowest BCUT2D eigenvalue weighted by Gasteiger charge is -2.01. The molecule has 0 atom stereocenters. The standard InChI is InChI=1S/C10H14N2O/c1-2-3-8-4-6-9(7-5-8)10(13)12-11/h4-7H,2-3,11H2,1H3,(H,12,13). The number of amides is 1. The molecule has 0 bridgehead atoms. The largest absolute Gasteiger partial charge is 0.290 e. The van der Waals surface area contributed by atoms with Gasteiger partial charge in [0.05, 0.1) is 0 Å². The third-order valence-electron chi connectivity index (χ3n) is 1.89. The minimum Gasteiger partial charge on any atom is -0.290 e. The smallest absolute Gasteiger partial charge is 0.265 e. The molecule has 1 aromatic rings. The Hall–Kier alpha value is -1.35. The Morgan fingerprint density at radius 1 is 1.38 bits per heavy atom. The summed E-state index contributed by atoms with van der Waals surface area (Å²) >= 11 is 0. The highest BCUT2D eigenvalue weighted by atomic mass is 16.2. The summed E-state index contributed by atoms with van der Waals surface area (Å²) in [5, 5.41) is 0. The molecule has 0 radical (unpaired) electrons. The molecule has 0 saturated heterocycles. The van der Waals surface area contributed by atoms with Crippen LogP contribution in [0.4, 0.5) is 0 Å². The normalized spacial score (nSPS) is 9.69. The van der Waals surface area contributed by atoms with Crippen LogP contribution in [0.1, 0.15) is 29.3 Å². The third-order valence-corrected chi connectivity index (χ3v) is 1.89. The van der Waals surface area contributed by atoms with E-state index in [1.165, 1.54) is 5.56 Å². The van der Waals surface area contributed by atoms with Gasteiger partial charge in [0.15, 0.2) is 0 Å². The van der Waals surface area contributed by atoms with Crippen molar-refractivity contribution < 1.29 is 4.79 Å². The molecule has 0 saturated carbocycles. The molecule has 0 heterocycles. The van der Waals surface area contributed by atoms with Crippen LogP contribution in [-0.4, -0.2) is 5.91 Å². The van der Waals surface area contributed by atoms with Gasteiger partial charge in [0.2, 0.25) is 0 Å². The third kappa shape index (κ3) is 2.56. The molecule has 0 aromatic heterocycles. The number of benzene rings is 1. The summed E-state index contributed by atoms with van der Waals surface area (Å²) in [7, 11) is 0. The van der Waals surface area contributed by atoms with Crippen LogP contribution in [0.15, 0.2) is 24.3 Å². The first-order valence-electron chi connectivity index (χ1n) is 4.37. The quantitative estimate of drug-likeness (QED) is 0.415. The van der Waals surface area contributed by atoms with Crippen molar-refractivity contribution in [2.75, 3.05) is 0 Å². The summed E-state index contributed by atoms with van der Waals surface area (Å²) in [6.07, 6.45) is 2.16. The molecule has 1 rings (SSSR count). The average Bonchev–Trinajstić information content (AvgIpc) is 2.18. The second-order valence-electron chi connectivity index (χ2n) is 2.92. The van der Waals surface area contributed by atoms with Crippen LogP contribution < -0.4 is 11.3 Å². The van der Waals surface area contributed by atoms with Gasteiger partial charge in [-0.15, -0.1) is 0 Å². The van der Waals surface area contributed by atoms with Gasteiger partial charge in [0.25, 0.3) is 5.91 Å². The molecule has 1 amide bonds. The fraction of sp³-hybridized carbons (Fsp3) is 0.300. The van der Waals surface area contributed by atoms with Gasteiger partial charge in [0.1, 0.15) is 0 Å². The number of nitrogens with two attached hydrogens (primary N) is 1. The molecular weight excluding hydrogens is 164 g/mol. The predicted molar refractivity (Wildman–Crippen MR) is 52.1 cm³/mol. The van der Waals surface area contributed by atoms with Crippen molar-refractivity contribution in [3.63, 3.8) is 0 Å². The number of hydrogen-bond donors (Lipinski definition) is 2. The maximum atomic E-state index is 11.0. The molecule has 3 heteroatoms. The van der Waals surface area contributed by atoms with Crippen molar-refractivity contribution in [3.05, 3.63) is 35.4 Å². The van der Waals surface area contributed by atoms with Crippen LogP contribution in [0, 0.1) is 0 Å². The number of nitrogens with one attached hydrogen (secondary N) is 1. The number of rotatable bonds is 3. The number of aryl methyl sites for hydroxylation is 1. The summed E-state index contributed by atoms with van der Waals surface area (Å²) in [6, 6.07) is 7.47. The van der Waals surface area contributed by atoms with Crippen LogP contribution in [0.3, 0.4) is 0 Å². The SMILES string of the molecule is CCCc1ccc(C(=O)NN)cc1. The lowest BCUT2D eigenvalue weighted by Crippen LogP contribution is -2.29. The van der Waals surface area contributed by atoms with Crippen molar-refractivity contribution in [2.24, 2.45) is 5.84 Å². The van der Waals surface area contributed by atoms with E-state index in [0.717, 1.165) is 12.8 Å². The fourth-order valence-corrected chi connectivity index (χ4v) is 1.19. The Labute approximate surface area is 77.9 Å². The van der Waals surface area contributed by atoms with E-state index in [1.807, 2.05) is 12.1 Å². The number of hydrogen-bond acceptors (Lipinski definition) is 2. The van der Waals surface area contributed by atoms with Crippen molar-refractivity contribution in [1.29, 1.82) is 0 Å². The van der Waals surface area contributed by atoms with E-state index in [9.17, 15) is 4.79 Å². The van der Waals surface area contributed by atoms with E-state index in [1.54, 1.807) is 12.1 Å². The summed E-state index contributed by atoms with van der Waals surface area (Å²) in [6.45, 7) is 2.13. The zero-order valence-electron chi connectivity index (χ0n) is 7.71.